The van der Waals surface area contributed by atoms with Crippen LogP contribution >= 0.6 is 15.9 Å². The second kappa shape index (κ2) is 10.4. The molecule has 0 bridgehead atoms. The zero-order valence-corrected chi connectivity index (χ0v) is 18.1. The first kappa shape index (κ1) is 22.1. The van der Waals surface area contributed by atoms with Gasteiger partial charge in [0, 0.05) is 10.2 Å². The summed E-state index contributed by atoms with van der Waals surface area (Å²) in [4.78, 5) is 12.6. The fraction of sp³-hybridized carbons (Fsp3) is 0.217. The molecule has 0 spiro atoms. The minimum Gasteiger partial charge on any atom is -0.490 e. The van der Waals surface area contributed by atoms with Gasteiger partial charge in [0.05, 0.1) is 6.61 Å². The smallest absolute Gasteiger partial charge is 0.266 e. The predicted octanol–water partition coefficient (Wildman–Crippen LogP) is 5.02. The van der Waals surface area contributed by atoms with Crippen molar-refractivity contribution in [3.8, 4) is 29.9 Å². The number of carbonyl (C=O) groups excluding carboxylic acids is 1. The average molecular weight is 453 g/mol. The summed E-state index contributed by atoms with van der Waals surface area (Å²) in [5.74, 6) is 2.87. The Kier molecular flexibility index (Phi) is 7.88. The topological polar surface area (TPSA) is 71.3 Å². The number of nitrogens with zero attached hydrogens (tertiary/aromatic N) is 1. The summed E-state index contributed by atoms with van der Waals surface area (Å²) in [5.41, 5.74) is 3.37. The summed E-state index contributed by atoms with van der Waals surface area (Å²) in [5, 5.41) is 12.3. The number of hydrogen-bond donors (Lipinski definition) is 1. The molecule has 0 saturated heterocycles. The van der Waals surface area contributed by atoms with E-state index in [1.54, 1.807) is 18.2 Å². The van der Waals surface area contributed by atoms with Crippen LogP contribution in [0.25, 0.3) is 6.08 Å². The molecular formula is C23H21BrN2O3. The van der Waals surface area contributed by atoms with E-state index in [1.165, 1.54) is 6.08 Å². The quantitative estimate of drug-likeness (QED) is 0.363. The molecule has 1 N–H and O–H groups in total. The standard InChI is InChI=1S/C23H21BrN2O3/c1-5-9-29-22-13-20(24)17(12-21(22)28-6-2)11-18(14-25)23(27)26-19-8-7-15(3)16(4)10-19/h1,7-8,10-13H,6,9H2,2-4H3,(H,26,27)/b18-11+. The molecule has 0 aliphatic heterocycles. The van der Waals surface area contributed by atoms with Crippen molar-refractivity contribution in [3.63, 3.8) is 0 Å². The van der Waals surface area contributed by atoms with Gasteiger partial charge in [0.2, 0.25) is 0 Å². The molecule has 0 aliphatic carbocycles. The highest BCUT2D eigenvalue weighted by Gasteiger charge is 2.14. The Morgan fingerprint density at radius 3 is 2.55 bits per heavy atom. The first-order chi connectivity index (χ1) is 13.9. The van der Waals surface area contributed by atoms with E-state index in [1.807, 2.05) is 39.0 Å². The maximum Gasteiger partial charge on any atom is 0.266 e. The normalized spacial score (nSPS) is 10.6. The maximum atomic E-state index is 12.6. The lowest BCUT2D eigenvalue weighted by Crippen LogP contribution is -2.13. The summed E-state index contributed by atoms with van der Waals surface area (Å²) < 4.78 is 11.7. The third kappa shape index (κ3) is 5.88. The number of hydrogen-bond acceptors (Lipinski definition) is 4. The molecule has 0 atom stereocenters. The van der Waals surface area contributed by atoms with Gasteiger partial charge in [-0.2, -0.15) is 5.26 Å². The molecule has 0 aromatic heterocycles. The fourth-order valence-electron chi connectivity index (χ4n) is 2.48. The molecule has 2 aromatic carbocycles. The van der Waals surface area contributed by atoms with E-state index in [0.717, 1.165) is 11.1 Å². The number of anilines is 1. The minimum absolute atomic E-state index is 0.0383. The summed E-state index contributed by atoms with van der Waals surface area (Å²) in [7, 11) is 0. The van der Waals surface area contributed by atoms with Crippen molar-refractivity contribution in [1.82, 2.24) is 0 Å². The van der Waals surface area contributed by atoms with Gasteiger partial charge in [-0.15, -0.1) is 6.42 Å². The SMILES string of the molecule is C#CCOc1cc(Br)c(/C=C(\C#N)C(=O)Nc2ccc(C)c(C)c2)cc1OCC. The number of amides is 1. The summed E-state index contributed by atoms with van der Waals surface area (Å²) in [6, 6.07) is 10.9. The van der Waals surface area contributed by atoms with Crippen LogP contribution < -0.4 is 14.8 Å². The monoisotopic (exact) mass is 452 g/mol. The van der Waals surface area contributed by atoms with Crippen LogP contribution in [0.1, 0.15) is 23.6 Å². The van der Waals surface area contributed by atoms with E-state index in [2.05, 4.69) is 27.2 Å². The van der Waals surface area contributed by atoms with Crippen LogP contribution in [0.5, 0.6) is 11.5 Å². The van der Waals surface area contributed by atoms with Crippen molar-refractivity contribution in [2.75, 3.05) is 18.5 Å². The highest BCUT2D eigenvalue weighted by Crippen LogP contribution is 2.35. The molecule has 0 heterocycles. The lowest BCUT2D eigenvalue weighted by Gasteiger charge is -2.13. The second-order valence-corrected chi connectivity index (χ2v) is 7.02. The number of carbonyl (C=O) groups is 1. The van der Waals surface area contributed by atoms with Crippen LogP contribution in [0.15, 0.2) is 40.4 Å². The number of benzene rings is 2. The Bertz CT molecular complexity index is 1030. The van der Waals surface area contributed by atoms with Crippen LogP contribution in [-0.2, 0) is 4.79 Å². The summed E-state index contributed by atoms with van der Waals surface area (Å²) in [6.45, 7) is 6.33. The Hall–Kier alpha value is -3.22. The molecule has 29 heavy (non-hydrogen) atoms. The van der Waals surface area contributed by atoms with Gasteiger partial charge in [-0.25, -0.2) is 0 Å². The number of rotatable bonds is 7. The molecule has 2 rings (SSSR count). The van der Waals surface area contributed by atoms with E-state index < -0.39 is 5.91 Å². The van der Waals surface area contributed by atoms with Crippen molar-refractivity contribution in [2.45, 2.75) is 20.8 Å². The number of halogens is 1. The zero-order chi connectivity index (χ0) is 21.4. The van der Waals surface area contributed by atoms with Gasteiger partial charge in [0.15, 0.2) is 11.5 Å². The molecule has 1 amide bonds. The van der Waals surface area contributed by atoms with Gasteiger partial charge in [-0.3, -0.25) is 4.79 Å². The zero-order valence-electron chi connectivity index (χ0n) is 16.5. The van der Waals surface area contributed by atoms with Gasteiger partial charge >= 0.3 is 0 Å². The fourth-order valence-corrected chi connectivity index (χ4v) is 2.92. The van der Waals surface area contributed by atoms with Crippen LogP contribution in [0, 0.1) is 37.5 Å². The molecule has 0 radical (unpaired) electrons. The van der Waals surface area contributed by atoms with Gasteiger partial charge in [0.1, 0.15) is 18.2 Å². The van der Waals surface area contributed by atoms with E-state index in [-0.39, 0.29) is 12.2 Å². The third-order valence-corrected chi connectivity index (χ3v) is 4.79. The number of nitriles is 1. The molecule has 0 fully saturated rings. The summed E-state index contributed by atoms with van der Waals surface area (Å²) in [6.07, 6.45) is 6.74. The van der Waals surface area contributed by atoms with Crippen molar-refractivity contribution >= 4 is 33.6 Å². The predicted molar refractivity (Wildman–Crippen MR) is 118 cm³/mol. The number of terminal acetylenes is 1. The lowest BCUT2D eigenvalue weighted by molar-refractivity contribution is -0.112. The molecule has 5 nitrogen and oxygen atoms in total. The first-order valence-electron chi connectivity index (χ1n) is 8.92. The second-order valence-electron chi connectivity index (χ2n) is 6.17. The van der Waals surface area contributed by atoms with Crippen molar-refractivity contribution in [3.05, 3.63) is 57.1 Å². The van der Waals surface area contributed by atoms with Crippen LogP contribution in [0.3, 0.4) is 0 Å². The van der Waals surface area contributed by atoms with Gasteiger partial charge in [-0.05, 0) is 67.8 Å². The first-order valence-corrected chi connectivity index (χ1v) is 9.71. The largest absolute Gasteiger partial charge is 0.490 e. The summed E-state index contributed by atoms with van der Waals surface area (Å²) >= 11 is 3.44. The Morgan fingerprint density at radius 2 is 1.93 bits per heavy atom. The van der Waals surface area contributed by atoms with Gasteiger partial charge in [-0.1, -0.05) is 27.9 Å². The van der Waals surface area contributed by atoms with E-state index >= 15 is 0 Å². The average Bonchev–Trinajstić information content (AvgIpc) is 2.69. The molecule has 0 unspecified atom stereocenters. The molecule has 0 aliphatic rings. The van der Waals surface area contributed by atoms with Crippen molar-refractivity contribution < 1.29 is 14.3 Å². The Balaban J connectivity index is 2.34. The maximum absolute atomic E-state index is 12.6. The van der Waals surface area contributed by atoms with Crippen molar-refractivity contribution in [2.24, 2.45) is 0 Å². The van der Waals surface area contributed by atoms with Crippen LogP contribution in [0.4, 0.5) is 5.69 Å². The Morgan fingerprint density at radius 1 is 1.21 bits per heavy atom. The van der Waals surface area contributed by atoms with Gasteiger partial charge < -0.3 is 14.8 Å². The molecule has 6 heteroatoms. The van der Waals surface area contributed by atoms with E-state index in [4.69, 9.17) is 15.9 Å². The lowest BCUT2D eigenvalue weighted by atomic mass is 10.1. The number of ether oxygens (including phenoxy) is 2. The highest BCUT2D eigenvalue weighted by molar-refractivity contribution is 9.10. The van der Waals surface area contributed by atoms with Crippen LogP contribution in [-0.4, -0.2) is 19.1 Å². The van der Waals surface area contributed by atoms with Gasteiger partial charge in [0.25, 0.3) is 5.91 Å². The third-order valence-electron chi connectivity index (χ3n) is 4.10. The number of nitrogens with one attached hydrogen (secondary N) is 1. The Labute approximate surface area is 179 Å². The van der Waals surface area contributed by atoms with Crippen LogP contribution in [0.2, 0.25) is 0 Å². The molecule has 148 valence electrons. The van der Waals surface area contributed by atoms with Crippen molar-refractivity contribution in [1.29, 1.82) is 5.26 Å². The van der Waals surface area contributed by atoms with E-state index in [0.29, 0.717) is 33.8 Å². The van der Waals surface area contributed by atoms with E-state index in [9.17, 15) is 10.1 Å². The molecule has 0 saturated carbocycles. The molecule has 2 aromatic rings. The minimum atomic E-state index is -0.492. The number of aryl methyl sites for hydroxylation is 2. The highest BCUT2D eigenvalue weighted by atomic mass is 79.9. The molecular weight excluding hydrogens is 432 g/mol.